The van der Waals surface area contributed by atoms with Crippen molar-refractivity contribution in [3.05, 3.63) is 30.1 Å². The van der Waals surface area contributed by atoms with Gasteiger partial charge in [-0.1, -0.05) is 6.07 Å². The summed E-state index contributed by atoms with van der Waals surface area (Å²) in [6.45, 7) is 2.37. The molecule has 1 saturated heterocycles. The number of amides is 2. The number of aromatic nitrogens is 1. The summed E-state index contributed by atoms with van der Waals surface area (Å²) >= 11 is 0. The maximum atomic E-state index is 12.1. The zero-order valence-corrected chi connectivity index (χ0v) is 22.3. The summed E-state index contributed by atoms with van der Waals surface area (Å²) < 4.78 is 65.4. The van der Waals surface area contributed by atoms with E-state index in [9.17, 15) is 9.59 Å². The molecule has 2 N–H and O–H groups in total. The quantitative estimate of drug-likeness (QED) is 0.298. The van der Waals surface area contributed by atoms with Crippen molar-refractivity contribution in [3.8, 4) is 0 Å². The minimum atomic E-state index is -4.69. The van der Waals surface area contributed by atoms with Crippen molar-refractivity contribution in [2.75, 3.05) is 61.0 Å². The van der Waals surface area contributed by atoms with Gasteiger partial charge in [-0.3, -0.25) is 19.5 Å². The summed E-state index contributed by atoms with van der Waals surface area (Å²) in [5, 5.41) is 16.5. The molecule has 2 amide bonds. The van der Waals surface area contributed by atoms with Crippen molar-refractivity contribution in [1.29, 1.82) is 0 Å². The van der Waals surface area contributed by atoms with E-state index >= 15 is 0 Å². The molecule has 0 bridgehead atoms. The number of carbonyl (C=O) groups excluding carboxylic acids is 2. The van der Waals surface area contributed by atoms with Gasteiger partial charge in [0, 0.05) is 52.0 Å². The third-order valence-electron chi connectivity index (χ3n) is 3.75. The van der Waals surface area contributed by atoms with Crippen LogP contribution >= 0.6 is 0 Å². The Hall–Kier alpha value is -1.25. The molecule has 2 heterocycles. The van der Waals surface area contributed by atoms with Gasteiger partial charge in [-0.05, 0) is 12.1 Å². The molecule has 0 aromatic carbocycles. The minimum absolute atomic E-state index is 0. The molecular weight excluding hydrogens is 587 g/mol. The van der Waals surface area contributed by atoms with Gasteiger partial charge in [-0.15, -0.1) is 0 Å². The van der Waals surface area contributed by atoms with Gasteiger partial charge in [0.15, 0.2) is 0 Å². The molecule has 215 valence electrons. The van der Waals surface area contributed by atoms with Crippen LogP contribution in [-0.4, -0.2) is 102 Å². The number of carbonyl (C=O) groups is 2. The third kappa shape index (κ3) is 30.8. The van der Waals surface area contributed by atoms with E-state index < -0.39 is 20.5 Å². The molecule has 0 unspecified atom stereocenters. The average Bonchev–Trinajstić information content (AvgIpc) is 2.80. The molecule has 1 aromatic rings. The monoisotopic (exact) mass is 615 g/mol. The molecule has 0 aliphatic carbocycles. The van der Waals surface area contributed by atoms with Crippen LogP contribution in [0.3, 0.4) is 0 Å². The first-order chi connectivity index (χ1) is 16.1. The summed E-state index contributed by atoms with van der Waals surface area (Å²) in [4.78, 5) is 33.7. The van der Waals surface area contributed by atoms with E-state index in [-0.39, 0.29) is 42.0 Å². The van der Waals surface area contributed by atoms with Crippen LogP contribution in [0.1, 0.15) is 5.69 Å². The van der Waals surface area contributed by atoms with Crippen molar-refractivity contribution >= 4 is 11.8 Å². The normalized spacial score (nSPS) is 14.4. The number of likely N-dealkylation sites (N-methyl/N-ethyl adjacent to an activating group) is 2. The molecule has 0 atom stereocenters. The second-order valence-electron chi connectivity index (χ2n) is 6.20. The van der Waals surface area contributed by atoms with E-state index in [4.69, 9.17) is 47.5 Å². The van der Waals surface area contributed by atoms with Gasteiger partial charge in [-0.2, -0.15) is 42.2 Å². The third-order valence-corrected chi connectivity index (χ3v) is 3.75. The Morgan fingerprint density at radius 3 is 1.50 bits per heavy atom. The van der Waals surface area contributed by atoms with E-state index in [1.54, 1.807) is 30.1 Å². The molecule has 36 heavy (non-hydrogen) atoms. The summed E-state index contributed by atoms with van der Waals surface area (Å²) in [5.41, 5.74) is 0.971. The molecule has 0 saturated carbocycles. The molecule has 0 spiro atoms. The van der Waals surface area contributed by atoms with Gasteiger partial charge in [0.2, 0.25) is 11.8 Å². The summed E-state index contributed by atoms with van der Waals surface area (Å²) in [6.07, 6.45) is 2.49. The van der Waals surface area contributed by atoms with Crippen molar-refractivity contribution in [2.24, 2.45) is 0 Å². The molecule has 19 heteroatoms. The van der Waals surface area contributed by atoms with Crippen LogP contribution in [-0.2, 0) is 33.1 Å². The zero-order valence-electron chi connectivity index (χ0n) is 19.9. The Morgan fingerprint density at radius 2 is 1.19 bits per heavy atom. The van der Waals surface area contributed by atoms with E-state index in [2.05, 4.69) is 4.98 Å². The largest absolute Gasteiger partial charge is 2.00 e. The van der Waals surface area contributed by atoms with Crippen LogP contribution in [0.5, 0.6) is 0 Å². The minimum Gasteiger partial charge on any atom is -0.857 e. The summed E-state index contributed by atoms with van der Waals surface area (Å²) in [6, 6.07) is 5.78. The van der Waals surface area contributed by atoms with Crippen LogP contribution in [0.2, 0.25) is 0 Å². The predicted octanol–water partition coefficient (Wildman–Crippen LogP) is -10.4. The molecular formula is C17H30Cl2CuN4O12. The van der Waals surface area contributed by atoms with Crippen molar-refractivity contribution < 1.29 is 94.6 Å². The van der Waals surface area contributed by atoms with Crippen LogP contribution in [0.4, 0.5) is 0 Å². The number of hydrogen-bond donors (Lipinski definition) is 2. The Morgan fingerprint density at radius 1 is 0.833 bits per heavy atom. The van der Waals surface area contributed by atoms with Crippen LogP contribution < -0.4 is 38.2 Å². The second kappa shape index (κ2) is 22.9. The summed E-state index contributed by atoms with van der Waals surface area (Å²) in [7, 11) is -4.33. The van der Waals surface area contributed by atoms with Gasteiger partial charge in [0.25, 0.3) is 0 Å². The number of hydrogen-bond acceptors (Lipinski definition) is 14. The van der Waals surface area contributed by atoms with Gasteiger partial charge < -0.3 is 20.0 Å². The maximum Gasteiger partial charge on any atom is 2.00 e. The number of halogens is 2. The number of rotatable bonds is 3. The SMILES string of the molecule is CN1CCN(C)C(=O)CN(CCc2ccccn2)CC1=O.C[O-].C[O-].[Cu+2].[O-][Cl+3]([O-])([O-])O.[O-][Cl+3]([O-])([O-])O. The first-order valence-corrected chi connectivity index (χ1v) is 11.8. The van der Waals surface area contributed by atoms with E-state index in [0.717, 1.165) is 26.3 Å². The molecule has 1 aliphatic rings. The van der Waals surface area contributed by atoms with Crippen LogP contribution in [0.25, 0.3) is 0 Å². The topological polar surface area (TPSA) is 282 Å². The van der Waals surface area contributed by atoms with Gasteiger partial charge in [0.05, 0.1) is 42.9 Å². The number of nitrogens with zero attached hydrogens (tertiary/aromatic N) is 4. The zero-order chi connectivity index (χ0) is 28.2. The molecule has 16 nitrogen and oxygen atoms in total. The van der Waals surface area contributed by atoms with Gasteiger partial charge in [0.1, 0.15) is 0 Å². The molecule has 1 aromatic heterocycles. The summed E-state index contributed by atoms with van der Waals surface area (Å²) in [5.74, 6) is 0.109. The first-order valence-electron chi connectivity index (χ1n) is 9.24. The Labute approximate surface area is 223 Å². The smallest absolute Gasteiger partial charge is 0.857 e. The van der Waals surface area contributed by atoms with Crippen molar-refractivity contribution in [2.45, 2.75) is 6.42 Å². The molecule has 2 rings (SSSR count). The average molecular weight is 617 g/mol. The Bertz CT molecular complexity index is 636. The van der Waals surface area contributed by atoms with E-state index in [1.807, 2.05) is 23.1 Å². The van der Waals surface area contributed by atoms with Crippen LogP contribution in [0.15, 0.2) is 24.4 Å². The number of pyridine rings is 1. The maximum absolute atomic E-state index is 12.1. The molecule has 1 aliphatic heterocycles. The van der Waals surface area contributed by atoms with E-state index in [1.165, 1.54) is 0 Å². The fourth-order valence-electron chi connectivity index (χ4n) is 2.21. The molecule has 1 radical (unpaired) electrons. The van der Waals surface area contributed by atoms with Crippen molar-refractivity contribution in [1.82, 2.24) is 19.7 Å². The van der Waals surface area contributed by atoms with Gasteiger partial charge >= 0.3 is 17.1 Å². The standard InChI is InChI=1S/C15H22N4O2.2CH3O.2ClHO4.Cu/c1-17-9-10-18(2)15(21)12-19(11-14(17)20)8-6-13-5-3-4-7-16-13;2*1-2;2*2-1(3,4)5;/h3-5,7H,6,8-12H2,1-2H3;2*1H3;2*(H,2,3,4,5);/q;2*-1;;;+2. The fourth-order valence-corrected chi connectivity index (χ4v) is 2.21. The first kappa shape index (κ1) is 41.9. The van der Waals surface area contributed by atoms with Crippen LogP contribution in [0, 0.1) is 20.5 Å². The predicted molar refractivity (Wildman–Crippen MR) is 95.9 cm³/mol. The fraction of sp³-hybridized carbons (Fsp3) is 0.588. The second-order valence-corrected chi connectivity index (χ2v) is 7.79. The van der Waals surface area contributed by atoms with E-state index in [0.29, 0.717) is 19.6 Å². The Balaban J connectivity index is -0.000000285. The van der Waals surface area contributed by atoms with Gasteiger partial charge in [-0.25, -0.2) is 0 Å². The Kier molecular flexibility index (Phi) is 26.6. The van der Waals surface area contributed by atoms with Crippen molar-refractivity contribution in [3.63, 3.8) is 0 Å². The molecule has 1 fully saturated rings.